The van der Waals surface area contributed by atoms with E-state index in [1.54, 1.807) is 13.1 Å². The fourth-order valence-corrected chi connectivity index (χ4v) is 6.61. The van der Waals surface area contributed by atoms with Crippen molar-refractivity contribution in [2.75, 3.05) is 32.4 Å². The average molecular weight is 405 g/mol. The molecule has 1 aromatic rings. The number of aryl methyl sites for hydroxylation is 2. The van der Waals surface area contributed by atoms with Crippen LogP contribution in [0, 0.1) is 13.8 Å². The lowest BCUT2D eigenvalue weighted by Crippen LogP contribution is -2.45. The van der Waals surface area contributed by atoms with Crippen molar-refractivity contribution >= 4 is 39.1 Å². The highest BCUT2D eigenvalue weighted by Gasteiger charge is 2.29. The lowest BCUT2D eigenvalue weighted by atomic mass is 10.1. The van der Waals surface area contributed by atoms with Crippen molar-refractivity contribution in [2.45, 2.75) is 43.3 Å². The van der Waals surface area contributed by atoms with Gasteiger partial charge in [-0.25, -0.2) is 13.1 Å². The molecule has 1 unspecified atom stereocenters. The summed E-state index contributed by atoms with van der Waals surface area (Å²) in [5.41, 5.74) is 0. The number of nitrogens with one attached hydrogen (secondary N) is 3. The molecule has 2 heterocycles. The van der Waals surface area contributed by atoms with Crippen LogP contribution in [-0.4, -0.2) is 51.6 Å². The van der Waals surface area contributed by atoms with Gasteiger partial charge < -0.3 is 10.6 Å². The number of aliphatic imine (C=N–C) groups is 1. The van der Waals surface area contributed by atoms with E-state index < -0.39 is 10.0 Å². The van der Waals surface area contributed by atoms with Gasteiger partial charge in [0.2, 0.25) is 10.0 Å². The van der Waals surface area contributed by atoms with E-state index >= 15 is 0 Å². The van der Waals surface area contributed by atoms with Crippen molar-refractivity contribution in [2.24, 2.45) is 4.99 Å². The molecule has 25 heavy (non-hydrogen) atoms. The molecule has 0 spiro atoms. The molecule has 0 saturated carbocycles. The summed E-state index contributed by atoms with van der Waals surface area (Å²) in [4.78, 5) is 6.39. The number of thioether (sulfide) groups is 1. The van der Waals surface area contributed by atoms with Gasteiger partial charge in [-0.3, -0.25) is 4.99 Å². The zero-order valence-electron chi connectivity index (χ0n) is 15.3. The summed E-state index contributed by atoms with van der Waals surface area (Å²) in [5, 5.41) is 6.50. The van der Waals surface area contributed by atoms with Crippen LogP contribution in [0.25, 0.3) is 0 Å². The minimum Gasteiger partial charge on any atom is -0.355 e. The molecule has 6 nitrogen and oxygen atoms in total. The Bertz CT molecular complexity index is 707. The number of rotatable bonds is 7. The third-order valence-electron chi connectivity index (χ3n) is 4.15. The summed E-state index contributed by atoms with van der Waals surface area (Å²) < 4.78 is 27.6. The zero-order valence-corrected chi connectivity index (χ0v) is 17.8. The topological polar surface area (TPSA) is 82.6 Å². The van der Waals surface area contributed by atoms with Gasteiger partial charge in [0.1, 0.15) is 0 Å². The Hall–Kier alpha value is -0.770. The standard InChI is InChI=1S/C16H28N4O2S3/c1-12-10-14(13(2)24-12)25(21,22)20-8-7-18-15(17-4)19-11-16(3)6-5-9-23-16/h10,20H,5-9,11H2,1-4H3,(H2,17,18,19). The first-order valence-corrected chi connectivity index (χ1v) is 11.7. The molecular weight excluding hydrogens is 376 g/mol. The number of thiophene rings is 1. The fraction of sp³-hybridized carbons (Fsp3) is 0.688. The van der Waals surface area contributed by atoms with E-state index in [1.165, 1.54) is 29.9 Å². The SMILES string of the molecule is CN=C(NCCNS(=O)(=O)c1cc(C)sc1C)NCC1(C)CCCS1. The summed E-state index contributed by atoms with van der Waals surface area (Å²) in [6.07, 6.45) is 2.47. The molecule has 0 aromatic carbocycles. The minimum atomic E-state index is -3.45. The first-order chi connectivity index (χ1) is 11.8. The van der Waals surface area contributed by atoms with Gasteiger partial charge in [0, 0.05) is 41.2 Å². The van der Waals surface area contributed by atoms with Crippen LogP contribution in [0.2, 0.25) is 0 Å². The Kier molecular flexibility index (Phi) is 7.19. The summed E-state index contributed by atoms with van der Waals surface area (Å²) in [7, 11) is -1.73. The Morgan fingerprint density at radius 3 is 2.64 bits per heavy atom. The molecule has 1 saturated heterocycles. The third kappa shape index (κ3) is 5.87. The van der Waals surface area contributed by atoms with Crippen LogP contribution < -0.4 is 15.4 Å². The first-order valence-electron chi connectivity index (χ1n) is 8.41. The van der Waals surface area contributed by atoms with Gasteiger partial charge in [0.15, 0.2) is 5.96 Å². The van der Waals surface area contributed by atoms with E-state index in [2.05, 4.69) is 27.3 Å². The van der Waals surface area contributed by atoms with E-state index in [-0.39, 0.29) is 4.75 Å². The van der Waals surface area contributed by atoms with Gasteiger partial charge in [-0.05, 0) is 45.4 Å². The predicted molar refractivity (Wildman–Crippen MR) is 108 cm³/mol. The predicted octanol–water partition coefficient (Wildman–Crippen LogP) is 2.09. The van der Waals surface area contributed by atoms with Crippen molar-refractivity contribution in [3.63, 3.8) is 0 Å². The van der Waals surface area contributed by atoms with Gasteiger partial charge in [-0.2, -0.15) is 11.8 Å². The molecule has 0 amide bonds. The lowest BCUT2D eigenvalue weighted by molar-refractivity contribution is 0.577. The maximum atomic E-state index is 12.3. The summed E-state index contributed by atoms with van der Waals surface area (Å²) in [6.45, 7) is 7.66. The highest BCUT2D eigenvalue weighted by Crippen LogP contribution is 2.36. The molecule has 1 aromatic heterocycles. The molecule has 0 aliphatic carbocycles. The molecule has 0 bridgehead atoms. The van der Waals surface area contributed by atoms with E-state index in [1.807, 2.05) is 25.6 Å². The second-order valence-electron chi connectivity index (χ2n) is 6.43. The molecule has 1 atom stereocenters. The van der Waals surface area contributed by atoms with Gasteiger partial charge in [-0.1, -0.05) is 0 Å². The molecule has 1 fully saturated rings. The lowest BCUT2D eigenvalue weighted by Gasteiger charge is -2.24. The maximum Gasteiger partial charge on any atom is 0.241 e. The Morgan fingerprint density at radius 1 is 1.32 bits per heavy atom. The van der Waals surface area contributed by atoms with Gasteiger partial charge in [-0.15, -0.1) is 11.3 Å². The van der Waals surface area contributed by atoms with Gasteiger partial charge in [0.05, 0.1) is 4.90 Å². The molecule has 1 aliphatic rings. The van der Waals surface area contributed by atoms with Crippen LogP contribution in [0.5, 0.6) is 0 Å². The first kappa shape index (κ1) is 20.5. The molecule has 9 heteroatoms. The van der Waals surface area contributed by atoms with Crippen molar-refractivity contribution in [3.05, 3.63) is 15.8 Å². The number of hydrogen-bond acceptors (Lipinski definition) is 5. The van der Waals surface area contributed by atoms with Gasteiger partial charge in [0.25, 0.3) is 0 Å². The van der Waals surface area contributed by atoms with Crippen LogP contribution in [0.4, 0.5) is 0 Å². The largest absolute Gasteiger partial charge is 0.355 e. The van der Waals surface area contributed by atoms with Gasteiger partial charge >= 0.3 is 0 Å². The highest BCUT2D eigenvalue weighted by atomic mass is 32.2. The summed E-state index contributed by atoms with van der Waals surface area (Å²) >= 11 is 3.49. The molecular formula is C16H28N4O2S3. The third-order valence-corrected chi connectivity index (χ3v) is 8.37. The highest BCUT2D eigenvalue weighted by molar-refractivity contribution is 8.00. The molecule has 142 valence electrons. The Morgan fingerprint density at radius 2 is 2.08 bits per heavy atom. The Labute approximate surface area is 159 Å². The Balaban J connectivity index is 1.76. The van der Waals surface area contributed by atoms with E-state index in [4.69, 9.17) is 0 Å². The number of hydrogen-bond donors (Lipinski definition) is 3. The average Bonchev–Trinajstić information content (AvgIpc) is 3.13. The number of nitrogens with zero attached hydrogens (tertiary/aromatic N) is 1. The van der Waals surface area contributed by atoms with E-state index in [0.29, 0.717) is 23.9 Å². The second kappa shape index (κ2) is 8.75. The quantitative estimate of drug-likeness (QED) is 0.368. The van der Waals surface area contributed by atoms with Crippen LogP contribution in [-0.2, 0) is 10.0 Å². The maximum absolute atomic E-state index is 12.3. The van der Waals surface area contributed by atoms with E-state index in [9.17, 15) is 8.42 Å². The zero-order chi connectivity index (χ0) is 18.5. The smallest absolute Gasteiger partial charge is 0.241 e. The minimum absolute atomic E-state index is 0.257. The van der Waals surface area contributed by atoms with Crippen molar-refractivity contribution in [1.82, 2.24) is 15.4 Å². The second-order valence-corrected chi connectivity index (χ2v) is 11.3. The van der Waals surface area contributed by atoms with Crippen LogP contribution >= 0.6 is 23.1 Å². The van der Waals surface area contributed by atoms with Crippen LogP contribution in [0.3, 0.4) is 0 Å². The monoisotopic (exact) mass is 404 g/mol. The van der Waals surface area contributed by atoms with Crippen molar-refractivity contribution < 1.29 is 8.42 Å². The van der Waals surface area contributed by atoms with Crippen molar-refractivity contribution in [1.29, 1.82) is 0 Å². The number of sulfonamides is 1. The van der Waals surface area contributed by atoms with Crippen molar-refractivity contribution in [3.8, 4) is 0 Å². The summed E-state index contributed by atoms with van der Waals surface area (Å²) in [5.74, 6) is 1.92. The molecule has 3 N–H and O–H groups in total. The summed E-state index contributed by atoms with van der Waals surface area (Å²) in [6, 6.07) is 1.72. The molecule has 0 radical (unpaired) electrons. The number of guanidine groups is 1. The van der Waals surface area contributed by atoms with Crippen LogP contribution in [0.15, 0.2) is 16.0 Å². The molecule has 1 aliphatic heterocycles. The molecule has 2 rings (SSSR count). The fourth-order valence-electron chi connectivity index (χ4n) is 2.79. The van der Waals surface area contributed by atoms with E-state index in [0.717, 1.165) is 16.3 Å². The van der Waals surface area contributed by atoms with Crippen LogP contribution in [0.1, 0.15) is 29.5 Å². The normalized spacial score (nSPS) is 21.5.